The van der Waals surface area contributed by atoms with Crippen LogP contribution in [0.3, 0.4) is 0 Å². The number of rotatable bonds is 3. The second kappa shape index (κ2) is 5.60. The molecule has 1 heterocycles. The summed E-state index contributed by atoms with van der Waals surface area (Å²) in [5, 5.41) is 6.87. The van der Waals surface area contributed by atoms with E-state index in [2.05, 4.69) is 17.4 Å². The molecule has 1 aromatic heterocycles. The number of hydrogen-bond donors (Lipinski definition) is 1. The van der Waals surface area contributed by atoms with Crippen LogP contribution in [-0.2, 0) is 12.8 Å². The Hall–Kier alpha value is -2.30. The summed E-state index contributed by atoms with van der Waals surface area (Å²) in [5.74, 6) is 1.34. The highest BCUT2D eigenvalue weighted by Crippen LogP contribution is 2.31. The number of nitrogens with zero attached hydrogens (tertiary/aromatic N) is 1. The molecule has 0 spiro atoms. The van der Waals surface area contributed by atoms with Crippen molar-refractivity contribution in [1.82, 2.24) is 5.16 Å². The largest absolute Gasteiger partial charge is 0.496 e. The second-order valence-corrected chi connectivity index (χ2v) is 5.44. The molecule has 110 valence electrons. The number of methoxy groups -OCH3 is 1. The van der Waals surface area contributed by atoms with Crippen LogP contribution < -0.4 is 10.1 Å². The molecule has 0 unspecified atom stereocenters. The standard InChI is InChI=1S/C16H18N2O3/c1-10-7-8-13-12(9-10)16(21-18-13)17-15(19)11-5-3-4-6-14(11)20-2/h3-6,10H,7-9H2,1-2H3,(H,17,19)/t10-/m1/s1. The fourth-order valence-electron chi connectivity index (χ4n) is 2.68. The third kappa shape index (κ3) is 2.63. The Bertz CT molecular complexity index is 663. The van der Waals surface area contributed by atoms with E-state index in [1.807, 2.05) is 6.07 Å². The van der Waals surface area contributed by atoms with Crippen LogP contribution in [0.1, 0.15) is 35.0 Å². The number of amides is 1. The Morgan fingerprint density at radius 1 is 1.43 bits per heavy atom. The number of ether oxygens (including phenoxy) is 1. The monoisotopic (exact) mass is 286 g/mol. The quantitative estimate of drug-likeness (QED) is 0.941. The van der Waals surface area contributed by atoms with E-state index in [1.165, 1.54) is 0 Å². The van der Waals surface area contributed by atoms with E-state index in [9.17, 15) is 4.79 Å². The van der Waals surface area contributed by atoms with E-state index in [0.717, 1.165) is 30.5 Å². The molecular formula is C16H18N2O3. The van der Waals surface area contributed by atoms with Crippen molar-refractivity contribution >= 4 is 11.8 Å². The van der Waals surface area contributed by atoms with Gasteiger partial charge < -0.3 is 9.26 Å². The number of benzene rings is 1. The van der Waals surface area contributed by atoms with Crippen LogP contribution in [0, 0.1) is 5.92 Å². The van der Waals surface area contributed by atoms with Crippen molar-refractivity contribution in [3.63, 3.8) is 0 Å². The third-order valence-electron chi connectivity index (χ3n) is 3.87. The lowest BCUT2D eigenvalue weighted by Crippen LogP contribution is -2.16. The molecule has 3 rings (SSSR count). The average Bonchev–Trinajstić information content (AvgIpc) is 2.89. The molecular weight excluding hydrogens is 268 g/mol. The SMILES string of the molecule is COc1ccccc1C(=O)Nc1onc2c1C[C@H](C)CC2. The van der Waals surface area contributed by atoms with E-state index in [0.29, 0.717) is 23.1 Å². The molecule has 1 N–H and O–H groups in total. The summed E-state index contributed by atoms with van der Waals surface area (Å²) < 4.78 is 10.5. The number of anilines is 1. The molecule has 2 aromatic rings. The fourth-order valence-corrected chi connectivity index (χ4v) is 2.68. The van der Waals surface area contributed by atoms with Gasteiger partial charge in [-0.2, -0.15) is 0 Å². The molecule has 5 heteroatoms. The van der Waals surface area contributed by atoms with Crippen molar-refractivity contribution in [1.29, 1.82) is 0 Å². The van der Waals surface area contributed by atoms with Crippen molar-refractivity contribution in [3.8, 4) is 5.75 Å². The van der Waals surface area contributed by atoms with Crippen molar-refractivity contribution in [2.45, 2.75) is 26.2 Å². The number of nitrogens with one attached hydrogen (secondary N) is 1. The summed E-state index contributed by atoms with van der Waals surface area (Å²) in [6, 6.07) is 7.11. The van der Waals surface area contributed by atoms with E-state index in [-0.39, 0.29) is 5.91 Å². The third-order valence-corrected chi connectivity index (χ3v) is 3.87. The first-order valence-corrected chi connectivity index (χ1v) is 7.11. The molecule has 21 heavy (non-hydrogen) atoms. The van der Waals surface area contributed by atoms with Crippen molar-refractivity contribution in [3.05, 3.63) is 41.1 Å². The maximum Gasteiger partial charge on any atom is 0.261 e. The van der Waals surface area contributed by atoms with E-state index in [4.69, 9.17) is 9.26 Å². The topological polar surface area (TPSA) is 64.4 Å². The van der Waals surface area contributed by atoms with Crippen LogP contribution in [-0.4, -0.2) is 18.2 Å². The molecule has 1 aromatic carbocycles. The van der Waals surface area contributed by atoms with E-state index in [1.54, 1.807) is 25.3 Å². The number of fused-ring (bicyclic) bond motifs is 1. The summed E-state index contributed by atoms with van der Waals surface area (Å²) in [7, 11) is 1.55. The predicted molar refractivity (Wildman–Crippen MR) is 78.6 cm³/mol. The Balaban J connectivity index is 1.84. The molecule has 1 atom stereocenters. The van der Waals surface area contributed by atoms with Gasteiger partial charge in [0, 0.05) is 5.56 Å². The van der Waals surface area contributed by atoms with Crippen LogP contribution in [0.5, 0.6) is 5.75 Å². The fraction of sp³-hybridized carbons (Fsp3) is 0.375. The van der Waals surface area contributed by atoms with Crippen molar-refractivity contribution in [2.24, 2.45) is 5.92 Å². The van der Waals surface area contributed by atoms with Crippen LogP contribution in [0.4, 0.5) is 5.88 Å². The van der Waals surface area contributed by atoms with Gasteiger partial charge >= 0.3 is 0 Å². The molecule has 0 aliphatic heterocycles. The summed E-state index contributed by atoms with van der Waals surface area (Å²) >= 11 is 0. The highest BCUT2D eigenvalue weighted by Gasteiger charge is 2.25. The van der Waals surface area contributed by atoms with Gasteiger partial charge in [0.1, 0.15) is 5.75 Å². The number of aryl methyl sites for hydroxylation is 1. The normalized spacial score (nSPS) is 17.1. The van der Waals surface area contributed by atoms with Crippen LogP contribution in [0.15, 0.2) is 28.8 Å². The maximum absolute atomic E-state index is 12.4. The first-order chi connectivity index (χ1) is 10.2. The van der Waals surface area contributed by atoms with Gasteiger partial charge in [0.15, 0.2) is 0 Å². The predicted octanol–water partition coefficient (Wildman–Crippen LogP) is 3.06. The summed E-state index contributed by atoms with van der Waals surface area (Å²) in [5.41, 5.74) is 2.47. The van der Waals surface area contributed by atoms with Gasteiger partial charge in [-0.25, -0.2) is 0 Å². The van der Waals surface area contributed by atoms with Gasteiger partial charge in [0.25, 0.3) is 5.91 Å². The highest BCUT2D eigenvalue weighted by atomic mass is 16.5. The van der Waals surface area contributed by atoms with Gasteiger partial charge in [-0.15, -0.1) is 0 Å². The highest BCUT2D eigenvalue weighted by molar-refractivity contribution is 6.05. The maximum atomic E-state index is 12.4. The summed E-state index contributed by atoms with van der Waals surface area (Å²) in [4.78, 5) is 12.4. The zero-order valence-electron chi connectivity index (χ0n) is 12.2. The zero-order chi connectivity index (χ0) is 14.8. The molecule has 0 bridgehead atoms. The van der Waals surface area contributed by atoms with Gasteiger partial charge in [-0.1, -0.05) is 24.2 Å². The first-order valence-electron chi connectivity index (χ1n) is 7.11. The summed E-state index contributed by atoms with van der Waals surface area (Å²) in [6.45, 7) is 2.20. The summed E-state index contributed by atoms with van der Waals surface area (Å²) in [6.07, 6.45) is 2.91. The van der Waals surface area contributed by atoms with Crippen molar-refractivity contribution < 1.29 is 14.1 Å². The van der Waals surface area contributed by atoms with Gasteiger partial charge in [-0.3, -0.25) is 10.1 Å². The molecule has 5 nitrogen and oxygen atoms in total. The Morgan fingerprint density at radius 3 is 3.05 bits per heavy atom. The lowest BCUT2D eigenvalue weighted by Gasteiger charge is -2.16. The minimum absolute atomic E-state index is 0.246. The number of aromatic nitrogens is 1. The minimum Gasteiger partial charge on any atom is -0.496 e. The van der Waals surface area contributed by atoms with Crippen LogP contribution in [0.25, 0.3) is 0 Å². The van der Waals surface area contributed by atoms with Gasteiger partial charge in [0.05, 0.1) is 18.4 Å². The number of carbonyl (C=O) groups excluding carboxylic acids is 1. The molecule has 1 aliphatic rings. The lowest BCUT2D eigenvalue weighted by atomic mass is 9.89. The smallest absolute Gasteiger partial charge is 0.261 e. The molecule has 0 fully saturated rings. The van der Waals surface area contributed by atoms with Crippen LogP contribution >= 0.6 is 0 Å². The van der Waals surface area contributed by atoms with Gasteiger partial charge in [0.2, 0.25) is 5.88 Å². The Morgan fingerprint density at radius 2 is 2.24 bits per heavy atom. The molecule has 1 aliphatic carbocycles. The van der Waals surface area contributed by atoms with E-state index >= 15 is 0 Å². The van der Waals surface area contributed by atoms with Crippen molar-refractivity contribution in [2.75, 3.05) is 12.4 Å². The zero-order valence-corrected chi connectivity index (χ0v) is 12.2. The second-order valence-electron chi connectivity index (χ2n) is 5.44. The Kier molecular flexibility index (Phi) is 3.64. The van der Waals surface area contributed by atoms with Crippen LogP contribution in [0.2, 0.25) is 0 Å². The van der Waals surface area contributed by atoms with Gasteiger partial charge in [-0.05, 0) is 37.3 Å². The average molecular weight is 286 g/mol. The Labute approximate surface area is 123 Å². The number of carbonyl (C=O) groups is 1. The molecule has 1 amide bonds. The first kappa shape index (κ1) is 13.7. The lowest BCUT2D eigenvalue weighted by molar-refractivity contribution is 0.102. The molecule has 0 saturated carbocycles. The molecule has 0 radical (unpaired) electrons. The minimum atomic E-state index is -0.246. The van der Waals surface area contributed by atoms with E-state index < -0.39 is 0 Å². The number of hydrogen-bond acceptors (Lipinski definition) is 4. The number of para-hydroxylation sites is 1. The molecule has 0 saturated heterocycles.